The quantitative estimate of drug-likeness (QED) is 0.559. The second kappa shape index (κ2) is 6.91. The standard InChI is InChI=1S/C6H7.3ClH.Np/c1-6-4-2-3-5-6;;;;/h2-5H,1H3;3*1H;/q-1;;;;+3/p-3. The molecule has 1 aromatic carbocycles. The second-order valence-corrected chi connectivity index (χ2v) is 17.6. The average molecular weight is 422 g/mol. The second-order valence-electron chi connectivity index (χ2n) is 1.65. The minimum atomic E-state index is -2.26. The number of hydrogen-bond acceptors (Lipinski definition) is 0. The Bertz CT molecular complexity index is 145. The van der Waals surface area contributed by atoms with Crippen LogP contribution in [-0.4, -0.2) is 0 Å². The van der Waals surface area contributed by atoms with Crippen molar-refractivity contribution in [2.24, 2.45) is 0 Å². The van der Waals surface area contributed by atoms with Gasteiger partial charge in [-0.3, -0.25) is 0 Å². The number of aryl methyl sites for hydroxylation is 1. The van der Waals surface area contributed by atoms with E-state index < -0.39 is 21.1 Å². The summed E-state index contributed by atoms with van der Waals surface area (Å²) >= 11 is -2.26. The van der Waals surface area contributed by atoms with Crippen LogP contribution in [0.25, 0.3) is 0 Å². The van der Waals surface area contributed by atoms with E-state index >= 15 is 0 Å². The van der Waals surface area contributed by atoms with Crippen LogP contribution in [0.4, 0.5) is 0 Å². The first kappa shape index (κ1) is 11.2. The fourth-order valence-corrected chi connectivity index (χ4v) is 0.470. The third-order valence-corrected chi connectivity index (χ3v) is 0.829. The van der Waals surface area contributed by atoms with Crippen molar-refractivity contribution >= 4 is 23.5 Å². The molecule has 0 aliphatic carbocycles. The molecule has 0 aliphatic rings. The molecule has 0 radical (unpaired) electrons. The van der Waals surface area contributed by atoms with Crippen LogP contribution in [0.3, 0.4) is 0 Å². The Kier molecular flexibility index (Phi) is 7.77. The van der Waals surface area contributed by atoms with Crippen molar-refractivity contribution in [3.63, 3.8) is 0 Å². The van der Waals surface area contributed by atoms with E-state index in [1.165, 1.54) is 5.56 Å². The summed E-state index contributed by atoms with van der Waals surface area (Å²) in [4.78, 5) is 0. The first-order valence-electron chi connectivity index (χ1n) is 2.58. The monoisotopic (exact) mass is 420 g/mol. The normalized spacial score (nSPS) is 8.00. The molecule has 0 bridgehead atoms. The molecule has 0 aromatic heterocycles. The first-order valence-corrected chi connectivity index (χ1v) is 16.3. The van der Waals surface area contributed by atoms with Gasteiger partial charge in [-0.1, -0.05) is 6.92 Å². The molecule has 0 atom stereocenters. The molecule has 0 amide bonds. The molecule has 1 aromatic rings. The summed E-state index contributed by atoms with van der Waals surface area (Å²) in [5, 5.41) is 0. The van der Waals surface area contributed by atoms with Crippen LogP contribution < -0.4 is 0 Å². The van der Waals surface area contributed by atoms with E-state index in [0.717, 1.165) is 0 Å². The van der Waals surface area contributed by atoms with Gasteiger partial charge in [-0.15, -0.1) is 0 Å². The van der Waals surface area contributed by atoms with Gasteiger partial charge in [0.1, 0.15) is 0 Å². The van der Waals surface area contributed by atoms with Gasteiger partial charge in [0.2, 0.25) is 0 Å². The fourth-order valence-electron chi connectivity index (χ4n) is 0.470. The van der Waals surface area contributed by atoms with E-state index in [9.17, 15) is 0 Å². The molecule has 4 heteroatoms. The Labute approximate surface area is 80.5 Å². The Balaban J connectivity index is 0.000000180. The topological polar surface area (TPSA) is 0 Å². The van der Waals surface area contributed by atoms with Crippen LogP contribution in [0.1, 0.15) is 5.56 Å². The van der Waals surface area contributed by atoms with E-state index in [0.29, 0.717) is 0 Å². The van der Waals surface area contributed by atoms with E-state index in [-0.39, 0.29) is 0 Å². The summed E-state index contributed by atoms with van der Waals surface area (Å²) < 4.78 is 0. The third-order valence-electron chi connectivity index (χ3n) is 0.829. The van der Waals surface area contributed by atoms with Gasteiger partial charge in [0, 0.05) is 0 Å². The zero-order valence-corrected chi connectivity index (χ0v) is 11.4. The Hall–Kier alpha value is 1.23. The van der Waals surface area contributed by atoms with Crippen LogP contribution >= 0.6 is 23.5 Å². The Morgan fingerprint density at radius 3 is 1.50 bits per heavy atom. The molecule has 0 fully saturated rings. The summed E-state index contributed by atoms with van der Waals surface area (Å²) in [5.41, 5.74) is 1.34. The molecule has 0 heterocycles. The fraction of sp³-hybridized carbons (Fsp3) is 0.167. The van der Waals surface area contributed by atoms with Gasteiger partial charge >= 0.3 is 44.6 Å². The van der Waals surface area contributed by atoms with Crippen molar-refractivity contribution < 1.29 is 21.1 Å². The Morgan fingerprint density at radius 2 is 1.40 bits per heavy atom. The van der Waals surface area contributed by atoms with Gasteiger partial charge in [-0.2, -0.15) is 17.7 Å². The van der Waals surface area contributed by atoms with Gasteiger partial charge in [-0.25, -0.2) is 12.1 Å². The molecule has 1 rings (SSSR count). The van der Waals surface area contributed by atoms with Crippen molar-refractivity contribution in [2.45, 2.75) is 6.92 Å². The molecule has 0 saturated heterocycles. The SMILES string of the molecule is C[c-]1cccc1.[Cl][Np]([Cl])[Cl]. The van der Waals surface area contributed by atoms with Crippen LogP contribution in [0, 0.1) is 28.0 Å². The number of halogens is 3. The van der Waals surface area contributed by atoms with Gasteiger partial charge < -0.3 is 0 Å². The van der Waals surface area contributed by atoms with Gasteiger partial charge in [-0.05, 0) is 0 Å². The van der Waals surface area contributed by atoms with Gasteiger partial charge in [0.25, 0.3) is 0 Å². The summed E-state index contributed by atoms with van der Waals surface area (Å²) in [6.07, 6.45) is 0. The van der Waals surface area contributed by atoms with Crippen LogP contribution in [0.15, 0.2) is 24.3 Å². The number of rotatable bonds is 0. The van der Waals surface area contributed by atoms with Crippen molar-refractivity contribution in [2.75, 3.05) is 0 Å². The summed E-state index contributed by atoms with van der Waals surface area (Å²) in [6.45, 7) is 2.08. The molecule has 0 nitrogen and oxygen atoms in total. The molecular weight excluding hydrogens is 415 g/mol. The van der Waals surface area contributed by atoms with E-state index in [1.54, 1.807) is 0 Å². The summed E-state index contributed by atoms with van der Waals surface area (Å²) in [5.74, 6) is 0. The van der Waals surface area contributed by atoms with E-state index in [2.05, 4.69) is 19.1 Å². The predicted molar refractivity (Wildman–Crippen MR) is 44.3 cm³/mol. The summed E-state index contributed by atoms with van der Waals surface area (Å²) in [7, 11) is 15.1. The minimum absolute atomic E-state index is 1.34. The average Bonchev–Trinajstić information content (AvgIpc) is 2.15. The van der Waals surface area contributed by atoms with Crippen LogP contribution in [-0.2, 0) is 0 Å². The molecule has 0 unspecified atom stereocenters. The third kappa shape index (κ3) is 9.23. The van der Waals surface area contributed by atoms with Crippen LogP contribution in [0.5, 0.6) is 0 Å². The zero-order valence-electron chi connectivity index (χ0n) is 5.39. The van der Waals surface area contributed by atoms with E-state index in [1.807, 2.05) is 12.1 Å². The molecule has 10 heavy (non-hydrogen) atoms. The van der Waals surface area contributed by atoms with Crippen molar-refractivity contribution in [3.05, 3.63) is 29.8 Å². The molecule has 0 saturated carbocycles. The van der Waals surface area contributed by atoms with Crippen molar-refractivity contribution in [1.29, 1.82) is 0 Å². The first-order chi connectivity index (χ1) is 4.63. The maximum absolute atomic E-state index is 5.02. The van der Waals surface area contributed by atoms with Gasteiger partial charge in [0.15, 0.2) is 0 Å². The van der Waals surface area contributed by atoms with Crippen LogP contribution in [0.2, 0.25) is 0 Å². The van der Waals surface area contributed by atoms with E-state index in [4.69, 9.17) is 23.5 Å². The molecule has 58 valence electrons. The molecule has 0 N–H and O–H groups in total. The number of hydrogen-bond donors (Lipinski definition) is 0. The molecule has 0 spiro atoms. The molecule has 0 aliphatic heterocycles. The maximum atomic E-state index is 5.02. The molecular formula is C6H7Cl3Np-. The van der Waals surface area contributed by atoms with Gasteiger partial charge in [0.05, 0.1) is 0 Å². The predicted octanol–water partition coefficient (Wildman–Crippen LogP) is 3.78. The summed E-state index contributed by atoms with van der Waals surface area (Å²) in [6, 6.07) is 8.24. The van der Waals surface area contributed by atoms with Crippen molar-refractivity contribution in [1.82, 2.24) is 0 Å². The zero-order chi connectivity index (χ0) is 7.98. The Morgan fingerprint density at radius 1 is 1.10 bits per heavy atom. The van der Waals surface area contributed by atoms with Crippen molar-refractivity contribution in [3.8, 4) is 0 Å².